The SMILES string of the molecule is COc1c(N2C[C@H](C[C@H](N)OC)[C@H](C)C2)ccc2c(=O)n(N)c(=O)n(C3CC3)c12. The number of fused-ring (bicyclic) bond motifs is 1. The predicted molar refractivity (Wildman–Crippen MR) is 112 cm³/mol. The molecule has 1 saturated heterocycles. The van der Waals surface area contributed by atoms with Crippen molar-refractivity contribution in [2.24, 2.45) is 17.6 Å². The van der Waals surface area contributed by atoms with Crippen LogP contribution in [0.1, 0.15) is 32.2 Å². The molecule has 1 aliphatic heterocycles. The molecule has 4 N–H and O–H groups in total. The van der Waals surface area contributed by atoms with Crippen molar-refractivity contribution in [3.63, 3.8) is 0 Å². The largest absolute Gasteiger partial charge is 0.492 e. The van der Waals surface area contributed by atoms with E-state index in [-0.39, 0.29) is 12.3 Å². The lowest BCUT2D eigenvalue weighted by Gasteiger charge is -2.24. The zero-order chi connectivity index (χ0) is 20.9. The molecule has 1 aliphatic carbocycles. The quantitative estimate of drug-likeness (QED) is 0.536. The van der Waals surface area contributed by atoms with E-state index in [1.54, 1.807) is 24.9 Å². The second-order valence-corrected chi connectivity index (χ2v) is 8.23. The first-order valence-corrected chi connectivity index (χ1v) is 10.0. The molecule has 0 spiro atoms. The maximum atomic E-state index is 12.7. The zero-order valence-electron chi connectivity index (χ0n) is 17.1. The number of methoxy groups -OCH3 is 2. The number of hydrogen-bond acceptors (Lipinski definition) is 7. The number of ether oxygens (including phenoxy) is 2. The summed E-state index contributed by atoms with van der Waals surface area (Å²) in [5.74, 6) is 7.12. The van der Waals surface area contributed by atoms with E-state index in [4.69, 9.17) is 21.1 Å². The number of benzene rings is 1. The summed E-state index contributed by atoms with van der Waals surface area (Å²) in [7, 11) is 3.20. The van der Waals surface area contributed by atoms with Gasteiger partial charge in [0.05, 0.1) is 18.2 Å². The van der Waals surface area contributed by atoms with Crippen LogP contribution in [-0.4, -0.2) is 42.8 Å². The number of hydrogen-bond donors (Lipinski definition) is 2. The summed E-state index contributed by atoms with van der Waals surface area (Å²) in [5, 5.41) is 0.393. The van der Waals surface area contributed by atoms with E-state index >= 15 is 0 Å². The van der Waals surface area contributed by atoms with Gasteiger partial charge in [-0.15, -0.1) is 0 Å². The average molecular weight is 403 g/mol. The van der Waals surface area contributed by atoms with E-state index in [2.05, 4.69) is 11.8 Å². The van der Waals surface area contributed by atoms with Crippen LogP contribution in [-0.2, 0) is 4.74 Å². The van der Waals surface area contributed by atoms with Gasteiger partial charge in [0.15, 0.2) is 5.75 Å². The molecule has 0 unspecified atom stereocenters. The third-order valence-corrected chi connectivity index (χ3v) is 6.28. The van der Waals surface area contributed by atoms with Gasteiger partial charge in [-0.25, -0.2) is 4.79 Å². The zero-order valence-corrected chi connectivity index (χ0v) is 17.1. The van der Waals surface area contributed by atoms with Gasteiger partial charge in [-0.1, -0.05) is 6.92 Å². The number of anilines is 1. The Kier molecular flexibility index (Phi) is 5.04. The molecule has 1 aromatic heterocycles. The molecule has 9 heteroatoms. The fourth-order valence-corrected chi connectivity index (χ4v) is 4.45. The third-order valence-electron chi connectivity index (χ3n) is 6.28. The van der Waals surface area contributed by atoms with Crippen molar-refractivity contribution in [2.45, 2.75) is 38.5 Å². The van der Waals surface area contributed by atoms with Gasteiger partial charge in [0.25, 0.3) is 5.56 Å². The van der Waals surface area contributed by atoms with Crippen LogP contribution in [0.3, 0.4) is 0 Å². The van der Waals surface area contributed by atoms with Gasteiger partial charge in [-0.3, -0.25) is 9.36 Å². The van der Waals surface area contributed by atoms with Gasteiger partial charge < -0.3 is 25.9 Å². The molecule has 2 aromatic rings. The highest BCUT2D eigenvalue weighted by Crippen LogP contribution is 2.42. The summed E-state index contributed by atoms with van der Waals surface area (Å²) in [5.41, 5.74) is 6.39. The Morgan fingerprint density at radius 3 is 2.55 bits per heavy atom. The Hall–Kier alpha value is -2.52. The van der Waals surface area contributed by atoms with Crippen LogP contribution in [0.25, 0.3) is 10.9 Å². The van der Waals surface area contributed by atoms with Crippen molar-refractivity contribution in [1.29, 1.82) is 0 Å². The van der Waals surface area contributed by atoms with E-state index < -0.39 is 11.2 Å². The van der Waals surface area contributed by atoms with Gasteiger partial charge in [-0.05, 0) is 43.2 Å². The van der Waals surface area contributed by atoms with E-state index in [1.807, 2.05) is 6.07 Å². The minimum atomic E-state index is -0.509. The average Bonchev–Trinajstić information content (AvgIpc) is 3.48. The first kappa shape index (κ1) is 19.8. The van der Waals surface area contributed by atoms with Crippen LogP contribution < -0.4 is 32.5 Å². The number of nitrogen functional groups attached to an aromatic ring is 1. The van der Waals surface area contributed by atoms with Gasteiger partial charge >= 0.3 is 5.69 Å². The summed E-state index contributed by atoms with van der Waals surface area (Å²) >= 11 is 0. The topological polar surface area (TPSA) is 118 Å². The molecule has 29 heavy (non-hydrogen) atoms. The van der Waals surface area contributed by atoms with Crippen LogP contribution in [0.5, 0.6) is 5.75 Å². The molecular formula is C20H29N5O4. The molecule has 2 heterocycles. The second kappa shape index (κ2) is 7.38. The van der Waals surface area contributed by atoms with Crippen molar-refractivity contribution in [1.82, 2.24) is 9.24 Å². The summed E-state index contributed by atoms with van der Waals surface area (Å²) in [6.07, 6.45) is 2.26. The number of aromatic nitrogens is 2. The minimum absolute atomic E-state index is 0.0505. The van der Waals surface area contributed by atoms with E-state index in [9.17, 15) is 9.59 Å². The maximum absolute atomic E-state index is 12.7. The molecule has 1 saturated carbocycles. The monoisotopic (exact) mass is 403 g/mol. The normalized spacial score (nSPS) is 23.0. The van der Waals surface area contributed by atoms with Gasteiger partial charge in [0, 0.05) is 26.2 Å². The Balaban J connectivity index is 1.83. The van der Waals surface area contributed by atoms with Crippen LogP contribution in [0.15, 0.2) is 21.7 Å². The lowest BCUT2D eigenvalue weighted by molar-refractivity contribution is 0.0828. The molecule has 0 bridgehead atoms. The van der Waals surface area contributed by atoms with E-state index in [1.165, 1.54) is 0 Å². The lowest BCUT2D eigenvalue weighted by atomic mass is 9.94. The van der Waals surface area contributed by atoms with Crippen molar-refractivity contribution in [3.05, 3.63) is 33.0 Å². The van der Waals surface area contributed by atoms with Gasteiger partial charge in [0.2, 0.25) is 0 Å². The molecule has 0 radical (unpaired) electrons. The number of nitrogens with zero attached hydrogens (tertiary/aromatic N) is 3. The first-order chi connectivity index (χ1) is 13.9. The molecule has 158 valence electrons. The van der Waals surface area contributed by atoms with Crippen LogP contribution in [0.2, 0.25) is 0 Å². The molecule has 9 nitrogen and oxygen atoms in total. The predicted octanol–water partition coefficient (Wildman–Crippen LogP) is 0.614. The Labute approximate surface area is 168 Å². The van der Waals surface area contributed by atoms with Crippen LogP contribution in [0.4, 0.5) is 5.69 Å². The minimum Gasteiger partial charge on any atom is -0.492 e. The van der Waals surface area contributed by atoms with Crippen LogP contribution >= 0.6 is 0 Å². The van der Waals surface area contributed by atoms with Crippen molar-refractivity contribution < 1.29 is 9.47 Å². The highest BCUT2D eigenvalue weighted by molar-refractivity contribution is 5.90. The number of nitrogens with two attached hydrogens (primary N) is 2. The van der Waals surface area contributed by atoms with Gasteiger partial charge in [0.1, 0.15) is 11.7 Å². The first-order valence-electron chi connectivity index (χ1n) is 10.0. The summed E-state index contributed by atoms with van der Waals surface area (Å²) in [6.45, 7) is 3.85. The molecular weight excluding hydrogens is 374 g/mol. The summed E-state index contributed by atoms with van der Waals surface area (Å²) in [6, 6.07) is 3.68. The highest BCUT2D eigenvalue weighted by Gasteiger charge is 2.34. The molecule has 2 aliphatic rings. The Morgan fingerprint density at radius 1 is 1.21 bits per heavy atom. The lowest BCUT2D eigenvalue weighted by Crippen LogP contribution is -2.44. The Bertz CT molecular complexity index is 1040. The third kappa shape index (κ3) is 3.28. The standard InChI is InChI=1S/C20H29N5O4/c1-11-9-23(10-12(11)8-16(21)28-2)15-7-6-14-17(18(15)29-3)24(13-4-5-13)20(27)25(22)19(14)26/h6-7,11-13,16H,4-5,8-10,21-22H2,1-3H3/t11-,12+,16-/m1/s1. The number of rotatable bonds is 6. The Morgan fingerprint density at radius 2 is 1.93 bits per heavy atom. The van der Waals surface area contributed by atoms with E-state index in [0.717, 1.165) is 38.0 Å². The summed E-state index contributed by atoms with van der Waals surface area (Å²) in [4.78, 5) is 27.6. The second-order valence-electron chi connectivity index (χ2n) is 8.23. The highest BCUT2D eigenvalue weighted by atomic mass is 16.5. The van der Waals surface area contributed by atoms with Crippen LogP contribution in [0, 0.1) is 11.8 Å². The van der Waals surface area contributed by atoms with E-state index in [0.29, 0.717) is 33.2 Å². The van der Waals surface area contributed by atoms with Gasteiger partial charge in [-0.2, -0.15) is 4.68 Å². The van der Waals surface area contributed by atoms with Crippen molar-refractivity contribution in [2.75, 3.05) is 38.1 Å². The molecule has 0 amide bonds. The fraction of sp³-hybridized carbons (Fsp3) is 0.600. The summed E-state index contributed by atoms with van der Waals surface area (Å²) < 4.78 is 13.3. The smallest absolute Gasteiger partial charge is 0.350 e. The molecule has 4 rings (SSSR count). The maximum Gasteiger partial charge on any atom is 0.350 e. The fourth-order valence-electron chi connectivity index (χ4n) is 4.45. The molecule has 2 fully saturated rings. The molecule has 1 aromatic carbocycles. The van der Waals surface area contributed by atoms with Crippen molar-refractivity contribution in [3.8, 4) is 5.75 Å². The van der Waals surface area contributed by atoms with Crippen molar-refractivity contribution >= 4 is 16.6 Å². The molecule has 3 atom stereocenters.